The summed E-state index contributed by atoms with van der Waals surface area (Å²) in [6.07, 6.45) is 0. The van der Waals surface area contributed by atoms with E-state index in [-0.39, 0.29) is 17.4 Å². The molecule has 0 atom stereocenters. The first kappa shape index (κ1) is 13.5. The summed E-state index contributed by atoms with van der Waals surface area (Å²) in [4.78, 5) is 12.9. The van der Waals surface area contributed by atoms with E-state index >= 15 is 0 Å². The number of hydrogen-bond acceptors (Lipinski definition) is 7. The Labute approximate surface area is 114 Å². The number of aryl methyl sites for hydroxylation is 1. The second kappa shape index (κ2) is 6.30. The topological polar surface area (TPSA) is 106 Å². The van der Waals surface area contributed by atoms with Gasteiger partial charge in [0.25, 0.3) is 5.91 Å². The number of nitrogen functional groups attached to an aromatic ring is 1. The fraction of sp³-hybridized carbons (Fsp3) is 0.364. The van der Waals surface area contributed by atoms with Gasteiger partial charge in [0.1, 0.15) is 0 Å². The maximum Gasteiger partial charge on any atom is 0.277 e. The first-order valence-electron chi connectivity index (χ1n) is 5.78. The van der Waals surface area contributed by atoms with E-state index in [9.17, 15) is 4.79 Å². The normalized spacial score (nSPS) is 10.6. The van der Waals surface area contributed by atoms with Crippen LogP contribution in [0, 0.1) is 6.92 Å². The van der Waals surface area contributed by atoms with Crippen molar-refractivity contribution >= 4 is 23.1 Å². The lowest BCUT2D eigenvalue weighted by Crippen LogP contribution is -2.32. The van der Waals surface area contributed by atoms with Gasteiger partial charge in [-0.1, -0.05) is 0 Å². The van der Waals surface area contributed by atoms with Crippen LogP contribution >= 0.6 is 11.3 Å². The molecule has 4 N–H and O–H groups in total. The van der Waals surface area contributed by atoms with Crippen molar-refractivity contribution in [2.24, 2.45) is 0 Å². The van der Waals surface area contributed by atoms with E-state index < -0.39 is 0 Å². The Balaban J connectivity index is 1.66. The van der Waals surface area contributed by atoms with Gasteiger partial charge >= 0.3 is 0 Å². The number of anilines is 1. The number of nitrogens with zero attached hydrogens (tertiary/aromatic N) is 2. The first-order chi connectivity index (χ1) is 9.18. The molecule has 19 heavy (non-hydrogen) atoms. The predicted octanol–water partition coefficient (Wildman–Crippen LogP) is 0.541. The molecule has 0 bridgehead atoms. The third kappa shape index (κ3) is 3.52. The lowest BCUT2D eigenvalue weighted by molar-refractivity contribution is 0.0944. The number of carbonyl (C=O) groups is 1. The van der Waals surface area contributed by atoms with Crippen molar-refractivity contribution in [2.45, 2.75) is 13.5 Å². The fourth-order valence-electron chi connectivity index (χ4n) is 1.49. The second-order valence-corrected chi connectivity index (χ2v) is 4.96. The largest absolute Gasteiger partial charge is 0.379 e. The highest BCUT2D eigenvalue weighted by Crippen LogP contribution is 2.14. The number of carbonyl (C=O) groups excluding carboxylic acids is 1. The molecular weight excluding hydrogens is 266 g/mol. The Kier molecular flexibility index (Phi) is 4.48. The van der Waals surface area contributed by atoms with Crippen LogP contribution in [0.25, 0.3) is 0 Å². The molecule has 0 fully saturated rings. The highest BCUT2D eigenvalue weighted by Gasteiger charge is 2.14. The van der Waals surface area contributed by atoms with Crippen LogP contribution in [0.1, 0.15) is 20.9 Å². The van der Waals surface area contributed by atoms with Gasteiger partial charge in [0.15, 0.2) is 0 Å². The van der Waals surface area contributed by atoms with Gasteiger partial charge in [0.2, 0.25) is 11.5 Å². The Hall–Kier alpha value is -1.93. The average molecular weight is 281 g/mol. The van der Waals surface area contributed by atoms with Crippen LogP contribution in [0.2, 0.25) is 0 Å². The van der Waals surface area contributed by atoms with E-state index in [1.54, 1.807) is 11.3 Å². The minimum Gasteiger partial charge on any atom is -0.379 e. The van der Waals surface area contributed by atoms with Crippen LogP contribution < -0.4 is 16.4 Å². The lowest BCUT2D eigenvalue weighted by Gasteiger charge is -2.05. The SMILES string of the molecule is Cc1ccsc1CNCCNC(=O)c1nonc1N. The number of rotatable bonds is 6. The number of nitrogens with two attached hydrogens (primary N) is 1. The van der Waals surface area contributed by atoms with Crippen LogP contribution in [-0.4, -0.2) is 29.3 Å². The molecule has 102 valence electrons. The maximum atomic E-state index is 11.6. The number of nitrogens with one attached hydrogen (secondary N) is 2. The molecular formula is C11H15N5O2S. The van der Waals surface area contributed by atoms with Crippen LogP contribution in [0.5, 0.6) is 0 Å². The smallest absolute Gasteiger partial charge is 0.277 e. The minimum absolute atomic E-state index is 0.000306. The maximum absolute atomic E-state index is 11.6. The predicted molar refractivity (Wildman–Crippen MR) is 71.8 cm³/mol. The van der Waals surface area contributed by atoms with E-state index in [0.717, 1.165) is 6.54 Å². The van der Waals surface area contributed by atoms with Crippen molar-refractivity contribution in [3.63, 3.8) is 0 Å². The lowest BCUT2D eigenvalue weighted by atomic mass is 10.3. The zero-order valence-corrected chi connectivity index (χ0v) is 11.3. The van der Waals surface area contributed by atoms with Gasteiger partial charge in [0, 0.05) is 24.5 Å². The highest BCUT2D eigenvalue weighted by molar-refractivity contribution is 7.10. The number of thiophene rings is 1. The summed E-state index contributed by atoms with van der Waals surface area (Å²) in [6.45, 7) is 4.02. The third-order valence-electron chi connectivity index (χ3n) is 2.57. The fourth-order valence-corrected chi connectivity index (χ4v) is 2.36. The molecule has 2 aromatic rings. The minimum atomic E-state index is -0.382. The van der Waals surface area contributed by atoms with Crippen LogP contribution in [0.3, 0.4) is 0 Å². The highest BCUT2D eigenvalue weighted by atomic mass is 32.1. The molecule has 0 aliphatic heterocycles. The molecule has 8 heteroatoms. The molecule has 7 nitrogen and oxygen atoms in total. The van der Waals surface area contributed by atoms with Gasteiger partial charge in [-0.25, -0.2) is 4.63 Å². The zero-order valence-electron chi connectivity index (χ0n) is 10.5. The standard InChI is InChI=1S/C11H15N5O2S/c1-7-2-5-19-8(7)6-13-3-4-14-11(17)9-10(12)16-18-15-9/h2,5,13H,3-4,6H2,1H3,(H2,12,16)(H,14,17). The number of aromatic nitrogens is 2. The average Bonchev–Trinajstić information content (AvgIpc) is 2.98. The molecule has 2 aromatic heterocycles. The molecule has 2 rings (SSSR count). The summed E-state index contributed by atoms with van der Waals surface area (Å²) in [5, 5.41) is 14.8. The third-order valence-corrected chi connectivity index (χ3v) is 3.59. The monoisotopic (exact) mass is 281 g/mol. The molecule has 0 saturated heterocycles. The van der Waals surface area contributed by atoms with Gasteiger partial charge < -0.3 is 16.4 Å². The van der Waals surface area contributed by atoms with Crippen LogP contribution in [-0.2, 0) is 6.54 Å². The number of amides is 1. The molecule has 0 aromatic carbocycles. The molecule has 1 amide bonds. The first-order valence-corrected chi connectivity index (χ1v) is 6.66. The second-order valence-electron chi connectivity index (χ2n) is 3.96. The van der Waals surface area contributed by atoms with E-state index in [1.165, 1.54) is 10.4 Å². The summed E-state index contributed by atoms with van der Waals surface area (Å²) in [5.74, 6) is -0.382. The van der Waals surface area contributed by atoms with Gasteiger partial charge in [-0.15, -0.1) is 11.3 Å². The van der Waals surface area contributed by atoms with Crippen LogP contribution in [0.4, 0.5) is 5.82 Å². The summed E-state index contributed by atoms with van der Waals surface area (Å²) < 4.78 is 4.36. The Bertz CT molecular complexity index is 551. The van der Waals surface area contributed by atoms with Crippen molar-refractivity contribution < 1.29 is 9.42 Å². The molecule has 0 radical (unpaired) electrons. The summed E-state index contributed by atoms with van der Waals surface area (Å²) in [7, 11) is 0. The Morgan fingerprint density at radius 2 is 2.32 bits per heavy atom. The number of hydrogen-bond donors (Lipinski definition) is 3. The van der Waals surface area contributed by atoms with Gasteiger partial charge in [-0.05, 0) is 34.2 Å². The summed E-state index contributed by atoms with van der Waals surface area (Å²) >= 11 is 1.72. The molecule has 2 heterocycles. The van der Waals surface area contributed by atoms with E-state index in [0.29, 0.717) is 13.1 Å². The zero-order chi connectivity index (χ0) is 13.7. The molecule has 0 saturated carbocycles. The van der Waals surface area contributed by atoms with E-state index in [4.69, 9.17) is 5.73 Å². The van der Waals surface area contributed by atoms with Gasteiger partial charge in [0.05, 0.1) is 0 Å². The molecule has 0 spiro atoms. The quantitative estimate of drug-likeness (QED) is 0.667. The van der Waals surface area contributed by atoms with Crippen LogP contribution in [0.15, 0.2) is 16.1 Å². The van der Waals surface area contributed by atoms with E-state index in [2.05, 4.69) is 43.9 Å². The van der Waals surface area contributed by atoms with Crippen molar-refractivity contribution in [3.8, 4) is 0 Å². The van der Waals surface area contributed by atoms with Gasteiger partial charge in [-0.2, -0.15) is 0 Å². The van der Waals surface area contributed by atoms with Gasteiger partial charge in [-0.3, -0.25) is 4.79 Å². The molecule has 0 aliphatic carbocycles. The van der Waals surface area contributed by atoms with Crippen molar-refractivity contribution in [3.05, 3.63) is 27.6 Å². The Morgan fingerprint density at radius 3 is 2.95 bits per heavy atom. The molecule has 0 unspecified atom stereocenters. The van der Waals surface area contributed by atoms with Crippen molar-refractivity contribution in [2.75, 3.05) is 18.8 Å². The Morgan fingerprint density at radius 1 is 1.47 bits per heavy atom. The van der Waals surface area contributed by atoms with E-state index in [1.807, 2.05) is 0 Å². The van der Waals surface area contributed by atoms with Crippen molar-refractivity contribution in [1.82, 2.24) is 20.9 Å². The molecule has 0 aliphatic rings. The summed E-state index contributed by atoms with van der Waals surface area (Å²) in [6, 6.07) is 2.09. The van der Waals surface area contributed by atoms with Crippen molar-refractivity contribution in [1.29, 1.82) is 0 Å². The summed E-state index contributed by atoms with van der Waals surface area (Å²) in [5.41, 5.74) is 6.71.